The second-order valence-corrected chi connectivity index (χ2v) is 7.99. The van der Waals surface area contributed by atoms with Crippen LogP contribution in [0.2, 0.25) is 0 Å². The van der Waals surface area contributed by atoms with E-state index in [1.807, 2.05) is 29.2 Å². The van der Waals surface area contributed by atoms with Gasteiger partial charge in [-0.25, -0.2) is 0 Å². The van der Waals surface area contributed by atoms with Crippen molar-refractivity contribution in [3.05, 3.63) is 71.4 Å². The van der Waals surface area contributed by atoms with Crippen molar-refractivity contribution in [1.82, 2.24) is 9.88 Å². The second-order valence-electron chi connectivity index (χ2n) is 7.99. The number of carbonyl (C=O) groups is 2. The lowest BCUT2D eigenvalue weighted by molar-refractivity contribution is -0.134. The number of likely N-dealkylation sites (tertiary alicyclic amines) is 1. The number of nitrogens with one attached hydrogen (secondary N) is 1. The molecule has 2 heterocycles. The van der Waals surface area contributed by atoms with Gasteiger partial charge in [0.2, 0.25) is 5.91 Å². The third kappa shape index (κ3) is 2.84. The molecule has 5 rings (SSSR count). The number of ketones is 1. The summed E-state index contributed by atoms with van der Waals surface area (Å²) >= 11 is 0. The highest BCUT2D eigenvalue weighted by molar-refractivity contribution is 6.01. The molecule has 4 nitrogen and oxygen atoms in total. The number of hydrogen-bond donors (Lipinski definition) is 1. The van der Waals surface area contributed by atoms with Gasteiger partial charge >= 0.3 is 0 Å². The molecule has 28 heavy (non-hydrogen) atoms. The van der Waals surface area contributed by atoms with Crippen LogP contribution in [-0.2, 0) is 4.79 Å². The number of hydrogen-bond acceptors (Lipinski definition) is 2. The fraction of sp³-hybridized carbons (Fsp3) is 0.333. The van der Waals surface area contributed by atoms with Crippen molar-refractivity contribution in [3.8, 4) is 0 Å². The van der Waals surface area contributed by atoms with Gasteiger partial charge in [0, 0.05) is 42.2 Å². The Bertz CT molecular complexity index is 1040. The molecule has 1 N–H and O–H groups in total. The Labute approximate surface area is 164 Å². The largest absolute Gasteiger partial charge is 0.361 e. The van der Waals surface area contributed by atoms with Crippen molar-refractivity contribution >= 4 is 22.6 Å². The number of nitrogens with zero attached hydrogens (tertiary/aromatic N) is 1. The van der Waals surface area contributed by atoms with E-state index in [0.717, 1.165) is 37.1 Å². The van der Waals surface area contributed by atoms with Gasteiger partial charge < -0.3 is 9.88 Å². The van der Waals surface area contributed by atoms with Gasteiger partial charge in [0.25, 0.3) is 0 Å². The fourth-order valence-corrected chi connectivity index (χ4v) is 4.94. The third-order valence-electron chi connectivity index (χ3n) is 6.46. The predicted molar refractivity (Wildman–Crippen MR) is 110 cm³/mol. The zero-order valence-corrected chi connectivity index (χ0v) is 15.9. The molecule has 0 bridgehead atoms. The zero-order valence-electron chi connectivity index (χ0n) is 15.9. The van der Waals surface area contributed by atoms with Crippen LogP contribution in [0.5, 0.6) is 0 Å². The van der Waals surface area contributed by atoms with Crippen LogP contribution in [0.1, 0.15) is 59.0 Å². The molecule has 4 heteroatoms. The van der Waals surface area contributed by atoms with E-state index < -0.39 is 0 Å². The van der Waals surface area contributed by atoms with Crippen LogP contribution in [0, 0.1) is 0 Å². The van der Waals surface area contributed by atoms with Gasteiger partial charge in [-0.05, 0) is 42.4 Å². The molecule has 1 saturated heterocycles. The van der Waals surface area contributed by atoms with E-state index in [1.165, 1.54) is 16.5 Å². The first-order valence-electron chi connectivity index (χ1n) is 10.2. The topological polar surface area (TPSA) is 53.2 Å². The molecule has 2 aliphatic rings. The van der Waals surface area contributed by atoms with Crippen LogP contribution in [-0.4, -0.2) is 34.7 Å². The summed E-state index contributed by atoms with van der Waals surface area (Å²) in [5.74, 6) is 0.675. The summed E-state index contributed by atoms with van der Waals surface area (Å²) in [6.45, 7) is 1.57. The van der Waals surface area contributed by atoms with Gasteiger partial charge in [-0.1, -0.05) is 42.5 Å². The first kappa shape index (κ1) is 17.2. The Hall–Kier alpha value is -2.88. The predicted octanol–water partition coefficient (Wildman–Crippen LogP) is 4.63. The van der Waals surface area contributed by atoms with Crippen molar-refractivity contribution in [2.24, 2.45) is 0 Å². The van der Waals surface area contributed by atoms with E-state index >= 15 is 0 Å². The maximum atomic E-state index is 13.2. The molecule has 0 radical (unpaired) electrons. The minimum atomic E-state index is -0.168. The Morgan fingerprint density at radius 2 is 1.68 bits per heavy atom. The lowest BCUT2D eigenvalue weighted by atomic mass is 9.80. The van der Waals surface area contributed by atoms with Gasteiger partial charge in [0.05, 0.1) is 5.92 Å². The Morgan fingerprint density at radius 3 is 2.54 bits per heavy atom. The average molecular weight is 372 g/mol. The molecular formula is C24H24N2O2. The maximum Gasteiger partial charge on any atom is 0.230 e. The number of Topliss-reactive ketones (excluding diaryl/α,β-unsaturated/α-hetero) is 1. The van der Waals surface area contributed by atoms with Crippen LogP contribution >= 0.6 is 0 Å². The summed E-state index contributed by atoms with van der Waals surface area (Å²) in [5, 5.41) is 1.30. The highest BCUT2D eigenvalue weighted by Gasteiger charge is 2.34. The van der Waals surface area contributed by atoms with Crippen LogP contribution < -0.4 is 0 Å². The van der Waals surface area contributed by atoms with E-state index in [0.29, 0.717) is 18.8 Å². The number of carbonyl (C=O) groups excluding carboxylic acids is 2. The minimum absolute atomic E-state index is 0.165. The van der Waals surface area contributed by atoms with Crippen molar-refractivity contribution in [2.75, 3.05) is 13.1 Å². The molecule has 3 aromatic rings. The van der Waals surface area contributed by atoms with Crippen molar-refractivity contribution in [1.29, 1.82) is 0 Å². The quantitative estimate of drug-likeness (QED) is 0.713. The minimum Gasteiger partial charge on any atom is -0.361 e. The van der Waals surface area contributed by atoms with Crippen molar-refractivity contribution in [2.45, 2.75) is 37.5 Å². The number of fused-ring (bicyclic) bond motifs is 2. The summed E-state index contributed by atoms with van der Waals surface area (Å²) < 4.78 is 0. The van der Waals surface area contributed by atoms with E-state index in [2.05, 4.69) is 35.4 Å². The van der Waals surface area contributed by atoms with Crippen LogP contribution in [0.4, 0.5) is 0 Å². The van der Waals surface area contributed by atoms with Gasteiger partial charge in [0.1, 0.15) is 0 Å². The summed E-state index contributed by atoms with van der Waals surface area (Å²) in [5.41, 5.74) is 4.21. The van der Waals surface area contributed by atoms with Gasteiger partial charge in [-0.3, -0.25) is 9.59 Å². The summed E-state index contributed by atoms with van der Waals surface area (Å²) in [4.78, 5) is 30.8. The molecule has 1 aliphatic carbocycles. The lowest BCUT2D eigenvalue weighted by Crippen LogP contribution is -2.41. The molecule has 1 fully saturated rings. The van der Waals surface area contributed by atoms with Crippen LogP contribution in [0.3, 0.4) is 0 Å². The van der Waals surface area contributed by atoms with Crippen molar-refractivity contribution < 1.29 is 9.59 Å². The molecule has 1 atom stereocenters. The molecule has 1 amide bonds. The van der Waals surface area contributed by atoms with Crippen LogP contribution in [0.25, 0.3) is 10.9 Å². The number of amides is 1. The van der Waals surface area contributed by atoms with E-state index in [4.69, 9.17) is 0 Å². The Morgan fingerprint density at radius 1 is 0.929 bits per heavy atom. The number of piperidine rings is 1. The second kappa shape index (κ2) is 6.93. The molecule has 0 saturated carbocycles. The van der Waals surface area contributed by atoms with Gasteiger partial charge in [0.15, 0.2) is 5.78 Å². The SMILES string of the molecule is O=C1CCC(C(=O)N2CCC(c3c[nH]c4ccccc34)CC2)c2ccccc21. The number of para-hydroxylation sites is 1. The van der Waals surface area contributed by atoms with Gasteiger partial charge in [-0.2, -0.15) is 0 Å². The Balaban J connectivity index is 1.31. The molecule has 1 unspecified atom stereocenters. The molecule has 142 valence electrons. The van der Waals surface area contributed by atoms with E-state index in [1.54, 1.807) is 0 Å². The number of H-pyrrole nitrogens is 1. The number of aromatic amines is 1. The number of rotatable bonds is 2. The summed E-state index contributed by atoms with van der Waals surface area (Å²) in [6, 6.07) is 16.1. The normalized spacial score (nSPS) is 20.4. The zero-order chi connectivity index (χ0) is 19.1. The molecule has 1 aliphatic heterocycles. The monoisotopic (exact) mass is 372 g/mol. The molecule has 1 aromatic heterocycles. The molecular weight excluding hydrogens is 348 g/mol. The molecule has 2 aromatic carbocycles. The number of benzene rings is 2. The molecule has 0 spiro atoms. The fourth-order valence-electron chi connectivity index (χ4n) is 4.94. The summed E-state index contributed by atoms with van der Waals surface area (Å²) in [7, 11) is 0. The van der Waals surface area contributed by atoms with E-state index in [9.17, 15) is 9.59 Å². The van der Waals surface area contributed by atoms with Gasteiger partial charge in [-0.15, -0.1) is 0 Å². The summed E-state index contributed by atoms with van der Waals surface area (Å²) in [6.07, 6.45) is 5.22. The smallest absolute Gasteiger partial charge is 0.230 e. The lowest BCUT2D eigenvalue weighted by Gasteiger charge is -2.35. The number of aromatic nitrogens is 1. The van der Waals surface area contributed by atoms with Crippen molar-refractivity contribution in [3.63, 3.8) is 0 Å². The van der Waals surface area contributed by atoms with Crippen LogP contribution in [0.15, 0.2) is 54.7 Å². The first-order valence-corrected chi connectivity index (χ1v) is 10.2. The first-order chi connectivity index (χ1) is 13.7. The van der Waals surface area contributed by atoms with E-state index in [-0.39, 0.29) is 17.6 Å². The highest BCUT2D eigenvalue weighted by atomic mass is 16.2. The standard InChI is InChI=1S/C24H24N2O2/c27-23-10-9-20(17-5-1-2-7-19(17)23)24(28)26-13-11-16(12-14-26)21-15-25-22-8-4-3-6-18(21)22/h1-8,15-16,20,25H,9-14H2. The Kier molecular flexibility index (Phi) is 4.27. The highest BCUT2D eigenvalue weighted by Crippen LogP contribution is 2.36. The maximum absolute atomic E-state index is 13.2. The average Bonchev–Trinajstić information content (AvgIpc) is 3.18. The third-order valence-corrected chi connectivity index (χ3v) is 6.46.